The Morgan fingerprint density at radius 1 is 1.26 bits per heavy atom. The minimum Gasteiger partial charge on any atom is -0.353 e. The van der Waals surface area contributed by atoms with Gasteiger partial charge in [-0.25, -0.2) is 0 Å². The molecule has 2 atom stereocenters. The molecule has 1 aliphatic heterocycles. The van der Waals surface area contributed by atoms with E-state index in [1.807, 2.05) is 0 Å². The van der Waals surface area contributed by atoms with E-state index in [1.54, 1.807) is 0 Å². The van der Waals surface area contributed by atoms with Gasteiger partial charge in [0.25, 0.3) is 0 Å². The van der Waals surface area contributed by atoms with E-state index in [0.717, 1.165) is 25.6 Å². The second-order valence-electron chi connectivity index (χ2n) is 5.50. The molecule has 0 radical (unpaired) electrons. The summed E-state index contributed by atoms with van der Waals surface area (Å²) in [6, 6.07) is 11.4. The van der Waals surface area contributed by atoms with Gasteiger partial charge in [0.05, 0.1) is 0 Å². The van der Waals surface area contributed by atoms with Gasteiger partial charge in [0, 0.05) is 31.6 Å². The Hall–Kier alpha value is -1.51. The smallest absolute Gasteiger partial charge is 0.194 e. The van der Waals surface area contributed by atoms with Crippen molar-refractivity contribution in [1.82, 2.24) is 10.2 Å². The lowest BCUT2D eigenvalue weighted by Crippen LogP contribution is -2.41. The highest BCUT2D eigenvalue weighted by Crippen LogP contribution is 2.40. The van der Waals surface area contributed by atoms with Crippen LogP contribution >= 0.6 is 0 Å². The predicted octanol–water partition coefficient (Wildman–Crippen LogP) is 2.60. The Labute approximate surface area is 115 Å². The van der Waals surface area contributed by atoms with E-state index >= 15 is 0 Å². The summed E-state index contributed by atoms with van der Waals surface area (Å²) in [6.07, 6.45) is 3.84. The van der Waals surface area contributed by atoms with E-state index in [2.05, 4.69) is 52.5 Å². The average Bonchev–Trinajstić information content (AvgIpc) is 3.00. The third-order valence-electron chi connectivity index (χ3n) is 4.05. The molecule has 2 aliphatic rings. The number of rotatable bonds is 3. The van der Waals surface area contributed by atoms with Crippen molar-refractivity contribution in [3.63, 3.8) is 0 Å². The summed E-state index contributed by atoms with van der Waals surface area (Å²) in [4.78, 5) is 7.05. The predicted molar refractivity (Wildman–Crippen MR) is 79.5 cm³/mol. The quantitative estimate of drug-likeness (QED) is 0.666. The molecule has 0 aromatic heterocycles. The maximum Gasteiger partial charge on any atom is 0.194 e. The number of likely N-dealkylation sites (tertiary alicyclic amines) is 1. The molecule has 19 heavy (non-hydrogen) atoms. The first kappa shape index (κ1) is 12.5. The molecule has 1 N–H and O–H groups in total. The molecule has 1 heterocycles. The number of benzene rings is 1. The van der Waals surface area contributed by atoms with E-state index in [-0.39, 0.29) is 0 Å². The molecule has 102 valence electrons. The molecule has 1 aromatic rings. The van der Waals surface area contributed by atoms with Crippen LogP contribution in [-0.2, 0) is 0 Å². The lowest BCUT2D eigenvalue weighted by Gasteiger charge is -2.21. The van der Waals surface area contributed by atoms with Gasteiger partial charge in [0.2, 0.25) is 0 Å². The number of nitrogens with one attached hydrogen (secondary N) is 1. The van der Waals surface area contributed by atoms with Gasteiger partial charge in [0.15, 0.2) is 5.96 Å². The molecule has 3 heteroatoms. The van der Waals surface area contributed by atoms with Crippen molar-refractivity contribution in [1.29, 1.82) is 0 Å². The molecule has 2 fully saturated rings. The Morgan fingerprint density at radius 2 is 2.00 bits per heavy atom. The molecule has 1 aliphatic carbocycles. The molecular formula is C16H23N3. The fraction of sp³-hybridized carbons (Fsp3) is 0.562. The molecule has 2 unspecified atom stereocenters. The molecule has 0 amide bonds. The third kappa shape index (κ3) is 2.91. The van der Waals surface area contributed by atoms with Crippen LogP contribution < -0.4 is 5.32 Å². The van der Waals surface area contributed by atoms with Gasteiger partial charge in [-0.1, -0.05) is 30.3 Å². The minimum atomic E-state index is 0.577. The van der Waals surface area contributed by atoms with Crippen LogP contribution in [0.25, 0.3) is 0 Å². The second-order valence-corrected chi connectivity index (χ2v) is 5.50. The molecule has 1 aromatic carbocycles. The van der Waals surface area contributed by atoms with Gasteiger partial charge < -0.3 is 10.2 Å². The highest BCUT2D eigenvalue weighted by Gasteiger charge is 2.39. The minimum absolute atomic E-state index is 0.577. The van der Waals surface area contributed by atoms with Crippen molar-refractivity contribution in [2.24, 2.45) is 4.99 Å². The summed E-state index contributed by atoms with van der Waals surface area (Å²) in [6.45, 7) is 5.30. The van der Waals surface area contributed by atoms with E-state index in [0.29, 0.717) is 12.0 Å². The zero-order valence-corrected chi connectivity index (χ0v) is 11.7. The van der Waals surface area contributed by atoms with Crippen molar-refractivity contribution < 1.29 is 0 Å². The highest BCUT2D eigenvalue weighted by molar-refractivity contribution is 5.81. The van der Waals surface area contributed by atoms with E-state index in [4.69, 9.17) is 0 Å². The van der Waals surface area contributed by atoms with Crippen LogP contribution in [0, 0.1) is 0 Å². The number of hydrogen-bond donors (Lipinski definition) is 1. The van der Waals surface area contributed by atoms with Gasteiger partial charge in [-0.3, -0.25) is 4.99 Å². The third-order valence-corrected chi connectivity index (χ3v) is 4.05. The number of aliphatic imine (C=N–C) groups is 1. The van der Waals surface area contributed by atoms with E-state index in [9.17, 15) is 0 Å². The number of nitrogens with zero attached hydrogens (tertiary/aromatic N) is 2. The highest BCUT2D eigenvalue weighted by atomic mass is 15.3. The fourth-order valence-electron chi connectivity index (χ4n) is 2.90. The summed E-state index contributed by atoms with van der Waals surface area (Å²) >= 11 is 0. The van der Waals surface area contributed by atoms with Gasteiger partial charge in [-0.05, 0) is 31.7 Å². The molecule has 0 spiro atoms. The molecule has 1 saturated heterocycles. The van der Waals surface area contributed by atoms with Crippen LogP contribution in [0.15, 0.2) is 35.3 Å². The van der Waals surface area contributed by atoms with Crippen molar-refractivity contribution in [3.8, 4) is 0 Å². The van der Waals surface area contributed by atoms with Crippen molar-refractivity contribution in [3.05, 3.63) is 35.9 Å². The molecule has 3 nitrogen and oxygen atoms in total. The first-order valence-corrected chi connectivity index (χ1v) is 7.49. The molecule has 0 bridgehead atoms. The van der Waals surface area contributed by atoms with Crippen LogP contribution in [0.1, 0.15) is 37.7 Å². The van der Waals surface area contributed by atoms with Gasteiger partial charge in [-0.15, -0.1) is 0 Å². The summed E-state index contributed by atoms with van der Waals surface area (Å²) in [7, 11) is 0. The second kappa shape index (κ2) is 5.64. The average molecular weight is 257 g/mol. The summed E-state index contributed by atoms with van der Waals surface area (Å²) in [5, 5.41) is 3.66. The van der Waals surface area contributed by atoms with Crippen LogP contribution in [0.5, 0.6) is 0 Å². The Morgan fingerprint density at radius 3 is 2.68 bits per heavy atom. The molecule has 3 rings (SSSR count). The molecule has 1 saturated carbocycles. The van der Waals surface area contributed by atoms with Crippen molar-refractivity contribution in [2.75, 3.05) is 19.6 Å². The first-order chi connectivity index (χ1) is 9.38. The van der Waals surface area contributed by atoms with Crippen molar-refractivity contribution in [2.45, 2.75) is 38.1 Å². The Balaban J connectivity index is 1.60. The number of hydrogen-bond acceptors (Lipinski definition) is 1. The Bertz CT molecular complexity index is 435. The topological polar surface area (TPSA) is 27.6 Å². The van der Waals surface area contributed by atoms with Gasteiger partial charge >= 0.3 is 0 Å². The van der Waals surface area contributed by atoms with E-state index < -0.39 is 0 Å². The Kier molecular flexibility index (Phi) is 3.72. The summed E-state index contributed by atoms with van der Waals surface area (Å²) in [5.74, 6) is 1.80. The normalized spacial score (nSPS) is 26.6. The lowest BCUT2D eigenvalue weighted by atomic mass is 10.1. The van der Waals surface area contributed by atoms with Crippen LogP contribution in [0.4, 0.5) is 0 Å². The van der Waals surface area contributed by atoms with Crippen molar-refractivity contribution >= 4 is 5.96 Å². The zero-order valence-electron chi connectivity index (χ0n) is 11.7. The lowest BCUT2D eigenvalue weighted by molar-refractivity contribution is 0.490. The zero-order chi connectivity index (χ0) is 13.1. The maximum absolute atomic E-state index is 4.65. The largest absolute Gasteiger partial charge is 0.353 e. The summed E-state index contributed by atoms with van der Waals surface area (Å²) in [5.41, 5.74) is 1.46. The standard InChI is InChI=1S/C16H23N3/c1-2-17-16(19-10-6-7-11-19)18-15-12-14(15)13-8-4-3-5-9-13/h3-5,8-9,14-15H,2,6-7,10-12H2,1H3,(H,17,18). The number of guanidine groups is 1. The fourth-order valence-corrected chi connectivity index (χ4v) is 2.90. The monoisotopic (exact) mass is 257 g/mol. The van der Waals surface area contributed by atoms with Crippen LogP contribution in [0.3, 0.4) is 0 Å². The van der Waals surface area contributed by atoms with E-state index in [1.165, 1.54) is 24.8 Å². The van der Waals surface area contributed by atoms with Gasteiger partial charge in [0.1, 0.15) is 0 Å². The summed E-state index contributed by atoms with van der Waals surface area (Å²) < 4.78 is 0. The van der Waals surface area contributed by atoms with Gasteiger partial charge in [-0.2, -0.15) is 0 Å². The first-order valence-electron chi connectivity index (χ1n) is 7.49. The van der Waals surface area contributed by atoms with Crippen LogP contribution in [-0.4, -0.2) is 36.5 Å². The molecular weight excluding hydrogens is 234 g/mol. The SMILES string of the molecule is CCN=C(NC1CC1c1ccccc1)N1CCCC1. The maximum atomic E-state index is 4.65. The van der Waals surface area contributed by atoms with Crippen LogP contribution in [0.2, 0.25) is 0 Å².